The number of likely N-dealkylation sites (tertiary alicyclic amines) is 1. The van der Waals surface area contributed by atoms with Gasteiger partial charge in [0.15, 0.2) is 0 Å². The maximum Gasteiger partial charge on any atom is 0.291 e. The van der Waals surface area contributed by atoms with Gasteiger partial charge in [0.05, 0.1) is 6.20 Å². The number of nitrogens with zero attached hydrogens (tertiary/aromatic N) is 3. The third-order valence-electron chi connectivity index (χ3n) is 5.28. The van der Waals surface area contributed by atoms with Gasteiger partial charge in [-0.1, -0.05) is 25.5 Å². The van der Waals surface area contributed by atoms with E-state index in [9.17, 15) is 9.59 Å². The maximum absolute atomic E-state index is 12.8. The lowest BCUT2D eigenvalue weighted by molar-refractivity contribution is -0.134. The molecule has 3 heterocycles. The summed E-state index contributed by atoms with van der Waals surface area (Å²) in [5, 5.41) is 6.06. The van der Waals surface area contributed by atoms with Crippen molar-refractivity contribution in [2.24, 2.45) is 11.8 Å². The van der Waals surface area contributed by atoms with E-state index in [4.69, 9.17) is 0 Å². The van der Waals surface area contributed by atoms with E-state index in [1.807, 2.05) is 30.0 Å². The van der Waals surface area contributed by atoms with Crippen LogP contribution < -0.4 is 5.56 Å². The first-order valence-electron chi connectivity index (χ1n) is 9.18. The quantitative estimate of drug-likeness (QED) is 0.771. The van der Waals surface area contributed by atoms with Crippen LogP contribution >= 0.6 is 0 Å². The molecule has 26 heavy (non-hydrogen) atoms. The molecule has 1 aliphatic rings. The van der Waals surface area contributed by atoms with Crippen LogP contribution in [0.2, 0.25) is 0 Å². The van der Waals surface area contributed by atoms with Gasteiger partial charge in [-0.05, 0) is 37.3 Å². The number of aryl methyl sites for hydroxylation is 1. The molecule has 3 aromatic rings. The van der Waals surface area contributed by atoms with Gasteiger partial charge in [-0.25, -0.2) is 4.68 Å². The number of hydrogen-bond acceptors (Lipinski definition) is 3. The molecule has 1 aliphatic heterocycles. The van der Waals surface area contributed by atoms with Crippen molar-refractivity contribution in [3.8, 4) is 0 Å². The summed E-state index contributed by atoms with van der Waals surface area (Å²) >= 11 is 0. The monoisotopic (exact) mass is 352 g/mol. The first kappa shape index (κ1) is 16.8. The molecule has 1 fully saturated rings. The number of carbonyl (C=O) groups excluding carboxylic acids is 1. The van der Waals surface area contributed by atoms with Crippen molar-refractivity contribution >= 4 is 27.7 Å². The number of aromatic nitrogens is 3. The smallest absolute Gasteiger partial charge is 0.291 e. The third-order valence-corrected chi connectivity index (χ3v) is 5.28. The van der Waals surface area contributed by atoms with Crippen molar-refractivity contribution in [1.29, 1.82) is 0 Å². The topological polar surface area (TPSA) is 71.0 Å². The van der Waals surface area contributed by atoms with Gasteiger partial charge in [-0.2, -0.15) is 5.10 Å². The molecule has 1 saturated heterocycles. The molecule has 136 valence electrons. The molecule has 6 heteroatoms. The Morgan fingerprint density at radius 1 is 1.23 bits per heavy atom. The second kappa shape index (κ2) is 6.27. The number of hydrogen-bond donors (Lipinski definition) is 1. The molecule has 0 spiro atoms. The average Bonchev–Trinajstić information content (AvgIpc) is 2.95. The van der Waals surface area contributed by atoms with Gasteiger partial charge >= 0.3 is 0 Å². The molecule has 1 amide bonds. The highest BCUT2D eigenvalue weighted by molar-refractivity contribution is 6.06. The first-order valence-corrected chi connectivity index (χ1v) is 9.18. The number of amides is 1. The fourth-order valence-corrected chi connectivity index (χ4v) is 4.15. The summed E-state index contributed by atoms with van der Waals surface area (Å²) in [7, 11) is 0. The Kier molecular flexibility index (Phi) is 4.05. The SMILES string of the molecule is Cc1ccc2[nH]c3c(=O)n(CC(=O)N4C[C@@H](C)C[C@H](C)C4)ncc3c2c1. The minimum atomic E-state index is -0.247. The molecule has 0 saturated carbocycles. The zero-order valence-corrected chi connectivity index (χ0v) is 15.5. The minimum absolute atomic E-state index is 0.0113. The summed E-state index contributed by atoms with van der Waals surface area (Å²) in [6, 6.07) is 6.02. The van der Waals surface area contributed by atoms with Gasteiger partial charge in [-0.3, -0.25) is 9.59 Å². The van der Waals surface area contributed by atoms with Crippen molar-refractivity contribution in [3.05, 3.63) is 40.3 Å². The fraction of sp³-hybridized carbons (Fsp3) is 0.450. The number of carbonyl (C=O) groups is 1. The Hall–Kier alpha value is -2.63. The third kappa shape index (κ3) is 2.89. The number of benzene rings is 1. The number of fused-ring (bicyclic) bond motifs is 3. The lowest BCUT2D eigenvalue weighted by Crippen LogP contribution is -2.45. The van der Waals surface area contributed by atoms with E-state index in [1.54, 1.807) is 6.20 Å². The van der Waals surface area contributed by atoms with Crippen LogP contribution in [0.15, 0.2) is 29.2 Å². The summed E-state index contributed by atoms with van der Waals surface area (Å²) in [5.74, 6) is 0.947. The predicted octanol–water partition coefficient (Wildman–Crippen LogP) is 2.69. The summed E-state index contributed by atoms with van der Waals surface area (Å²) in [4.78, 5) is 30.6. The second-order valence-corrected chi connectivity index (χ2v) is 7.81. The summed E-state index contributed by atoms with van der Waals surface area (Å²) < 4.78 is 1.27. The fourth-order valence-electron chi connectivity index (χ4n) is 4.15. The second-order valence-electron chi connectivity index (χ2n) is 7.81. The zero-order chi connectivity index (χ0) is 18.4. The predicted molar refractivity (Wildman–Crippen MR) is 102 cm³/mol. The van der Waals surface area contributed by atoms with Crippen LogP contribution in [0.4, 0.5) is 0 Å². The Morgan fingerprint density at radius 3 is 2.69 bits per heavy atom. The van der Waals surface area contributed by atoms with Crippen molar-refractivity contribution < 1.29 is 4.79 Å². The van der Waals surface area contributed by atoms with E-state index in [2.05, 4.69) is 23.9 Å². The molecule has 0 bridgehead atoms. The number of piperidine rings is 1. The molecule has 2 atom stereocenters. The molecule has 4 rings (SSSR count). The van der Waals surface area contributed by atoms with Gasteiger partial charge in [0.25, 0.3) is 5.56 Å². The van der Waals surface area contributed by atoms with E-state index in [1.165, 1.54) is 4.68 Å². The minimum Gasteiger partial charge on any atom is -0.350 e. The van der Waals surface area contributed by atoms with Crippen LogP contribution in [-0.4, -0.2) is 38.7 Å². The van der Waals surface area contributed by atoms with Crippen LogP contribution in [0.5, 0.6) is 0 Å². The summed E-state index contributed by atoms with van der Waals surface area (Å²) in [5.41, 5.74) is 2.30. The van der Waals surface area contributed by atoms with E-state index >= 15 is 0 Å². The van der Waals surface area contributed by atoms with Crippen LogP contribution in [0.25, 0.3) is 21.8 Å². The van der Waals surface area contributed by atoms with Gasteiger partial charge in [0.1, 0.15) is 12.1 Å². The number of H-pyrrole nitrogens is 1. The van der Waals surface area contributed by atoms with Crippen molar-refractivity contribution in [2.75, 3.05) is 13.1 Å². The van der Waals surface area contributed by atoms with Crippen molar-refractivity contribution in [1.82, 2.24) is 19.7 Å². The van der Waals surface area contributed by atoms with E-state index < -0.39 is 0 Å². The average molecular weight is 352 g/mol. The Bertz CT molecular complexity index is 1040. The summed E-state index contributed by atoms with van der Waals surface area (Å²) in [6.07, 6.45) is 2.83. The van der Waals surface area contributed by atoms with E-state index in [0.29, 0.717) is 17.4 Å². The first-order chi connectivity index (χ1) is 12.4. The Morgan fingerprint density at radius 2 is 1.96 bits per heavy atom. The number of aromatic amines is 1. The van der Waals surface area contributed by atoms with Gasteiger partial charge < -0.3 is 9.88 Å². The van der Waals surface area contributed by atoms with Gasteiger partial charge in [0, 0.05) is 29.4 Å². The Balaban J connectivity index is 1.67. The van der Waals surface area contributed by atoms with Gasteiger partial charge in [-0.15, -0.1) is 0 Å². The molecule has 0 radical (unpaired) electrons. The van der Waals surface area contributed by atoms with Gasteiger partial charge in [0.2, 0.25) is 5.91 Å². The highest BCUT2D eigenvalue weighted by Crippen LogP contribution is 2.24. The molecule has 1 N–H and O–H groups in total. The van der Waals surface area contributed by atoms with Crippen molar-refractivity contribution in [2.45, 2.75) is 33.7 Å². The van der Waals surface area contributed by atoms with E-state index in [0.717, 1.165) is 41.4 Å². The molecule has 0 unspecified atom stereocenters. The Labute approximate surface area is 151 Å². The maximum atomic E-state index is 12.8. The lowest BCUT2D eigenvalue weighted by Gasteiger charge is -2.35. The van der Waals surface area contributed by atoms with Crippen LogP contribution in [0, 0.1) is 18.8 Å². The van der Waals surface area contributed by atoms with E-state index in [-0.39, 0.29) is 18.0 Å². The van der Waals surface area contributed by atoms with Crippen LogP contribution in [0.3, 0.4) is 0 Å². The molecule has 1 aromatic carbocycles. The zero-order valence-electron chi connectivity index (χ0n) is 15.5. The summed E-state index contributed by atoms with van der Waals surface area (Å²) in [6.45, 7) is 7.85. The molecule has 2 aromatic heterocycles. The van der Waals surface area contributed by atoms with Crippen LogP contribution in [0.1, 0.15) is 25.8 Å². The molecular weight excluding hydrogens is 328 g/mol. The number of rotatable bonds is 2. The molecule has 6 nitrogen and oxygen atoms in total. The highest BCUT2D eigenvalue weighted by atomic mass is 16.2. The number of nitrogens with one attached hydrogen (secondary N) is 1. The molecule has 0 aliphatic carbocycles. The molecular formula is C20H24N4O2. The standard InChI is InChI=1S/C20H24N4O2/c1-12-4-5-17-15(7-12)16-8-21-24(20(26)19(16)22-17)11-18(25)23-9-13(2)6-14(3)10-23/h4-5,7-8,13-14,22H,6,9-11H2,1-3H3/t13-,14-/m0/s1. The lowest BCUT2D eigenvalue weighted by atomic mass is 9.92. The normalized spacial score (nSPS) is 20.8. The largest absolute Gasteiger partial charge is 0.350 e. The van der Waals surface area contributed by atoms with Crippen LogP contribution in [-0.2, 0) is 11.3 Å². The van der Waals surface area contributed by atoms with Crippen molar-refractivity contribution in [3.63, 3.8) is 0 Å². The highest BCUT2D eigenvalue weighted by Gasteiger charge is 2.26.